The normalized spacial score (nSPS) is 41.4. The molecule has 4 heteroatoms. The van der Waals surface area contributed by atoms with Gasteiger partial charge in [0.25, 0.3) is 0 Å². The van der Waals surface area contributed by atoms with Crippen LogP contribution in [0.5, 0.6) is 0 Å². The summed E-state index contributed by atoms with van der Waals surface area (Å²) >= 11 is 0. The molecule has 5 rings (SSSR count). The van der Waals surface area contributed by atoms with Crippen molar-refractivity contribution in [2.24, 2.45) is 17.6 Å². The van der Waals surface area contributed by atoms with E-state index in [9.17, 15) is 8.42 Å². The van der Waals surface area contributed by atoms with Gasteiger partial charge in [-0.1, -0.05) is 12.1 Å². The van der Waals surface area contributed by atoms with Gasteiger partial charge in [0.05, 0.1) is 4.90 Å². The zero-order valence-corrected chi connectivity index (χ0v) is 13.3. The summed E-state index contributed by atoms with van der Waals surface area (Å²) in [5.74, 6) is 1.54. The fourth-order valence-electron chi connectivity index (χ4n) is 5.73. The van der Waals surface area contributed by atoms with E-state index in [2.05, 4.69) is 0 Å². The zero-order valence-electron chi connectivity index (χ0n) is 12.5. The third-order valence-electron chi connectivity index (χ3n) is 6.00. The van der Waals surface area contributed by atoms with Gasteiger partial charge in [-0.2, -0.15) is 0 Å². The molecular formula is C17H23NO2S. The van der Waals surface area contributed by atoms with Gasteiger partial charge in [-0.05, 0) is 73.5 Å². The molecule has 0 spiro atoms. The lowest BCUT2D eigenvalue weighted by atomic mass is 9.45. The van der Waals surface area contributed by atoms with Gasteiger partial charge >= 0.3 is 0 Å². The molecule has 2 unspecified atom stereocenters. The summed E-state index contributed by atoms with van der Waals surface area (Å²) < 4.78 is 23.2. The molecule has 2 N–H and O–H groups in total. The Labute approximate surface area is 126 Å². The second-order valence-corrected chi connectivity index (χ2v) is 9.92. The molecule has 0 heterocycles. The Hall–Kier alpha value is -0.870. The summed E-state index contributed by atoms with van der Waals surface area (Å²) in [7, 11) is -3.11. The predicted octanol–water partition coefficient (Wildman–Crippen LogP) is 2.64. The number of rotatable bonds is 2. The van der Waals surface area contributed by atoms with Crippen molar-refractivity contribution in [1.29, 1.82) is 0 Å². The Morgan fingerprint density at radius 3 is 2.10 bits per heavy atom. The second kappa shape index (κ2) is 4.11. The number of benzene rings is 1. The molecule has 0 aromatic heterocycles. The molecule has 0 aliphatic heterocycles. The molecule has 0 amide bonds. The SMILES string of the molecule is CS(=O)(=O)c1ccc(C23C[C@@H]4C[C@@H](CC(N)(C4)C2)C3)cc1. The van der Waals surface area contributed by atoms with Crippen LogP contribution in [-0.2, 0) is 15.3 Å². The van der Waals surface area contributed by atoms with Gasteiger partial charge in [-0.15, -0.1) is 0 Å². The fraction of sp³-hybridized carbons (Fsp3) is 0.647. The monoisotopic (exact) mass is 305 g/mol. The van der Waals surface area contributed by atoms with Crippen molar-refractivity contribution >= 4 is 9.84 Å². The standard InChI is InChI=1S/C17H23NO2S/c1-21(19,20)15-4-2-14(3-5-15)16-7-12-6-13(8-16)10-17(18,9-12)11-16/h2-5,12-13H,6-11,18H2,1H3/t12-,13+,16?,17?. The molecule has 1 aromatic carbocycles. The van der Waals surface area contributed by atoms with E-state index in [0.29, 0.717) is 4.90 Å². The first kappa shape index (κ1) is 13.8. The van der Waals surface area contributed by atoms with Crippen LogP contribution in [0.2, 0.25) is 0 Å². The van der Waals surface area contributed by atoms with E-state index in [-0.39, 0.29) is 11.0 Å². The first-order valence-electron chi connectivity index (χ1n) is 7.88. The average molecular weight is 305 g/mol. The number of hydrogen-bond acceptors (Lipinski definition) is 3. The molecule has 4 fully saturated rings. The maximum Gasteiger partial charge on any atom is 0.175 e. The Morgan fingerprint density at radius 2 is 1.62 bits per heavy atom. The number of hydrogen-bond donors (Lipinski definition) is 1. The highest BCUT2D eigenvalue weighted by Crippen LogP contribution is 2.61. The van der Waals surface area contributed by atoms with Crippen molar-refractivity contribution in [3.05, 3.63) is 29.8 Å². The molecule has 3 nitrogen and oxygen atoms in total. The van der Waals surface area contributed by atoms with E-state index in [0.717, 1.165) is 18.3 Å². The molecule has 1 aromatic rings. The Morgan fingerprint density at radius 1 is 1.05 bits per heavy atom. The van der Waals surface area contributed by atoms with Gasteiger partial charge in [0.15, 0.2) is 9.84 Å². The topological polar surface area (TPSA) is 60.2 Å². The van der Waals surface area contributed by atoms with Gasteiger partial charge in [0.1, 0.15) is 0 Å². The number of sulfone groups is 1. The highest BCUT2D eigenvalue weighted by molar-refractivity contribution is 7.90. The summed E-state index contributed by atoms with van der Waals surface area (Å²) in [5.41, 5.74) is 8.18. The molecule has 114 valence electrons. The van der Waals surface area contributed by atoms with E-state index in [4.69, 9.17) is 5.73 Å². The highest BCUT2D eigenvalue weighted by atomic mass is 32.2. The first-order chi connectivity index (χ1) is 9.78. The predicted molar refractivity (Wildman–Crippen MR) is 82.8 cm³/mol. The van der Waals surface area contributed by atoms with E-state index in [1.807, 2.05) is 12.1 Å². The van der Waals surface area contributed by atoms with Gasteiger partial charge in [0.2, 0.25) is 0 Å². The molecule has 4 atom stereocenters. The van der Waals surface area contributed by atoms with Crippen LogP contribution in [0.3, 0.4) is 0 Å². The van der Waals surface area contributed by atoms with Crippen LogP contribution in [-0.4, -0.2) is 20.2 Å². The summed E-state index contributed by atoms with van der Waals surface area (Å²) in [6.45, 7) is 0. The van der Waals surface area contributed by atoms with Crippen molar-refractivity contribution in [3.8, 4) is 0 Å². The van der Waals surface area contributed by atoms with Crippen molar-refractivity contribution in [2.45, 2.75) is 54.4 Å². The maximum atomic E-state index is 11.6. The molecule has 4 aliphatic rings. The Kier molecular flexibility index (Phi) is 2.69. The molecule has 4 bridgehead atoms. The van der Waals surface area contributed by atoms with Crippen LogP contribution in [0.4, 0.5) is 0 Å². The largest absolute Gasteiger partial charge is 0.325 e. The van der Waals surface area contributed by atoms with Crippen LogP contribution < -0.4 is 5.73 Å². The summed E-state index contributed by atoms with van der Waals surface area (Å²) in [4.78, 5) is 0.415. The van der Waals surface area contributed by atoms with Crippen LogP contribution in [0.1, 0.15) is 44.1 Å². The summed E-state index contributed by atoms with van der Waals surface area (Å²) in [6.07, 6.45) is 8.54. The van der Waals surface area contributed by atoms with E-state index in [1.54, 1.807) is 12.1 Å². The molecule has 0 saturated heterocycles. The first-order valence-corrected chi connectivity index (χ1v) is 9.77. The summed E-state index contributed by atoms with van der Waals surface area (Å²) in [5, 5.41) is 0. The quantitative estimate of drug-likeness (QED) is 0.913. The minimum absolute atomic E-state index is 0.0274. The molecule has 4 aliphatic carbocycles. The van der Waals surface area contributed by atoms with Crippen molar-refractivity contribution in [3.63, 3.8) is 0 Å². The lowest BCUT2D eigenvalue weighted by Gasteiger charge is -2.61. The summed E-state index contributed by atoms with van der Waals surface area (Å²) in [6, 6.07) is 7.61. The van der Waals surface area contributed by atoms with Crippen LogP contribution in [0.25, 0.3) is 0 Å². The van der Waals surface area contributed by atoms with E-state index >= 15 is 0 Å². The lowest BCUT2D eigenvalue weighted by molar-refractivity contribution is -0.0227. The smallest absolute Gasteiger partial charge is 0.175 e. The maximum absolute atomic E-state index is 11.6. The van der Waals surface area contributed by atoms with E-state index < -0.39 is 9.84 Å². The van der Waals surface area contributed by atoms with Gasteiger partial charge < -0.3 is 5.73 Å². The minimum Gasteiger partial charge on any atom is -0.325 e. The van der Waals surface area contributed by atoms with Gasteiger partial charge in [-0.25, -0.2) is 8.42 Å². The van der Waals surface area contributed by atoms with Gasteiger partial charge in [0, 0.05) is 11.8 Å². The van der Waals surface area contributed by atoms with Gasteiger partial charge in [-0.3, -0.25) is 0 Å². The fourth-order valence-corrected chi connectivity index (χ4v) is 6.36. The third kappa shape index (κ3) is 2.15. The average Bonchev–Trinajstić information content (AvgIpc) is 2.35. The Bertz CT molecular complexity index is 663. The molecule has 4 saturated carbocycles. The van der Waals surface area contributed by atoms with Crippen LogP contribution in [0.15, 0.2) is 29.2 Å². The minimum atomic E-state index is -3.11. The third-order valence-corrected chi connectivity index (χ3v) is 7.13. The van der Waals surface area contributed by atoms with Crippen LogP contribution >= 0.6 is 0 Å². The van der Waals surface area contributed by atoms with Crippen LogP contribution in [0, 0.1) is 11.8 Å². The highest BCUT2D eigenvalue weighted by Gasteiger charge is 2.56. The second-order valence-electron chi connectivity index (χ2n) is 7.90. The van der Waals surface area contributed by atoms with Crippen molar-refractivity contribution in [1.82, 2.24) is 0 Å². The molecular weight excluding hydrogens is 282 g/mol. The van der Waals surface area contributed by atoms with Crippen molar-refractivity contribution in [2.75, 3.05) is 6.26 Å². The van der Waals surface area contributed by atoms with E-state index in [1.165, 1.54) is 43.9 Å². The van der Waals surface area contributed by atoms with Crippen molar-refractivity contribution < 1.29 is 8.42 Å². The zero-order chi connectivity index (χ0) is 14.9. The number of nitrogens with two attached hydrogens (primary N) is 1. The Balaban J connectivity index is 1.73. The molecule has 0 radical (unpaired) electrons. The molecule has 21 heavy (non-hydrogen) atoms. The lowest BCUT2D eigenvalue weighted by Crippen LogP contribution is -2.61.